The molecule has 0 bridgehead atoms. The zero-order valence-electron chi connectivity index (χ0n) is 9.79. The van der Waals surface area contributed by atoms with E-state index in [0.717, 1.165) is 5.56 Å². The molecule has 84 valence electrons. The molecule has 1 aromatic rings. The summed E-state index contributed by atoms with van der Waals surface area (Å²) in [6.45, 7) is 6.47. The minimum absolute atomic E-state index is 0.221. The molecule has 3 heteroatoms. The molecule has 0 heterocycles. The number of nitrogens with one attached hydrogen (secondary N) is 1. The van der Waals surface area contributed by atoms with Crippen molar-refractivity contribution in [2.24, 2.45) is 0 Å². The summed E-state index contributed by atoms with van der Waals surface area (Å²) < 4.78 is 5.34. The second-order valence-electron chi connectivity index (χ2n) is 3.96. The number of ether oxygens (including phenoxy) is 1. The van der Waals surface area contributed by atoms with Crippen LogP contribution in [-0.2, 0) is 5.54 Å². The van der Waals surface area contributed by atoms with Crippen molar-refractivity contribution < 1.29 is 9.84 Å². The second kappa shape index (κ2) is 4.53. The van der Waals surface area contributed by atoms with Crippen LogP contribution in [0.2, 0.25) is 0 Å². The Hall–Kier alpha value is -1.22. The minimum atomic E-state index is -0.267. The Labute approximate surface area is 91.1 Å². The number of phenols is 1. The van der Waals surface area contributed by atoms with Crippen LogP contribution in [0.5, 0.6) is 11.5 Å². The molecule has 0 aliphatic rings. The first-order valence-corrected chi connectivity index (χ1v) is 5.17. The maximum Gasteiger partial charge on any atom is 0.162 e. The zero-order chi connectivity index (χ0) is 11.5. The molecule has 0 aliphatic carbocycles. The molecule has 15 heavy (non-hydrogen) atoms. The summed E-state index contributed by atoms with van der Waals surface area (Å²) in [6, 6.07) is 5.56. The van der Waals surface area contributed by atoms with Crippen LogP contribution in [0, 0.1) is 0 Å². The fourth-order valence-corrected chi connectivity index (χ4v) is 1.43. The first-order valence-electron chi connectivity index (χ1n) is 5.17. The van der Waals surface area contributed by atoms with Crippen LogP contribution >= 0.6 is 0 Å². The number of phenolic OH excluding ortho intramolecular Hbond substituents is 1. The highest BCUT2D eigenvalue weighted by Crippen LogP contribution is 2.35. The molecule has 0 fully saturated rings. The fraction of sp³-hybridized carbons (Fsp3) is 0.500. The van der Waals surface area contributed by atoms with E-state index in [1.165, 1.54) is 0 Å². The summed E-state index contributed by atoms with van der Waals surface area (Å²) in [5.41, 5.74) is 0.577. The average molecular weight is 209 g/mol. The Morgan fingerprint density at radius 1 is 1.40 bits per heavy atom. The molecule has 0 unspecified atom stereocenters. The van der Waals surface area contributed by atoms with Gasteiger partial charge in [-0.3, -0.25) is 0 Å². The average Bonchev–Trinajstić information content (AvgIpc) is 2.21. The summed E-state index contributed by atoms with van der Waals surface area (Å²) >= 11 is 0. The predicted molar refractivity (Wildman–Crippen MR) is 61.4 cm³/mol. The van der Waals surface area contributed by atoms with Crippen LogP contribution in [0.15, 0.2) is 18.2 Å². The highest BCUT2D eigenvalue weighted by molar-refractivity contribution is 5.48. The lowest BCUT2D eigenvalue weighted by Crippen LogP contribution is -2.33. The first kappa shape index (κ1) is 11.9. The van der Waals surface area contributed by atoms with Crippen LogP contribution in [0.1, 0.15) is 26.3 Å². The second-order valence-corrected chi connectivity index (χ2v) is 3.96. The molecule has 2 N–H and O–H groups in total. The summed E-state index contributed by atoms with van der Waals surface area (Å²) in [5.74, 6) is 0.761. The van der Waals surface area contributed by atoms with Crippen molar-refractivity contribution in [1.29, 1.82) is 0 Å². The molecule has 0 aromatic heterocycles. The van der Waals surface area contributed by atoms with Gasteiger partial charge in [-0.25, -0.2) is 0 Å². The third-order valence-electron chi connectivity index (χ3n) is 2.60. The van der Waals surface area contributed by atoms with Gasteiger partial charge in [0.1, 0.15) is 0 Å². The molecular weight excluding hydrogens is 190 g/mol. The molecule has 0 saturated heterocycles. The Morgan fingerprint density at radius 3 is 2.60 bits per heavy atom. The Balaban J connectivity index is 3.15. The van der Waals surface area contributed by atoms with E-state index >= 15 is 0 Å². The maximum absolute atomic E-state index is 10.0. The standard InChI is InChI=1S/C12H19NO2/c1-5-15-10-8-6-7-9(11(10)14)12(2,3)13-4/h6-8,13-14H,5H2,1-4H3. The number of aromatic hydroxyl groups is 1. The van der Waals surface area contributed by atoms with Gasteiger partial charge in [0.05, 0.1) is 6.61 Å². The van der Waals surface area contributed by atoms with E-state index in [4.69, 9.17) is 4.74 Å². The van der Waals surface area contributed by atoms with Gasteiger partial charge in [-0.15, -0.1) is 0 Å². The number of hydrogen-bond donors (Lipinski definition) is 2. The van der Waals surface area contributed by atoms with Gasteiger partial charge in [0.2, 0.25) is 0 Å². The van der Waals surface area contributed by atoms with E-state index < -0.39 is 0 Å². The lowest BCUT2D eigenvalue weighted by atomic mass is 9.93. The number of benzene rings is 1. The van der Waals surface area contributed by atoms with Gasteiger partial charge in [0.15, 0.2) is 11.5 Å². The van der Waals surface area contributed by atoms with Crippen molar-refractivity contribution in [3.63, 3.8) is 0 Å². The van der Waals surface area contributed by atoms with Gasteiger partial charge in [-0.1, -0.05) is 12.1 Å². The molecular formula is C12H19NO2. The molecule has 0 atom stereocenters. The Bertz CT molecular complexity index is 334. The van der Waals surface area contributed by atoms with E-state index in [2.05, 4.69) is 5.32 Å². The topological polar surface area (TPSA) is 41.5 Å². The van der Waals surface area contributed by atoms with Gasteiger partial charge in [-0.05, 0) is 33.9 Å². The normalized spacial score (nSPS) is 11.5. The maximum atomic E-state index is 10.0. The molecule has 1 aromatic carbocycles. The van der Waals surface area contributed by atoms with Crippen LogP contribution in [-0.4, -0.2) is 18.8 Å². The van der Waals surface area contributed by atoms with Gasteiger partial charge in [0.25, 0.3) is 0 Å². The van der Waals surface area contributed by atoms with Crippen LogP contribution in [0.25, 0.3) is 0 Å². The highest BCUT2D eigenvalue weighted by Gasteiger charge is 2.23. The predicted octanol–water partition coefficient (Wildman–Crippen LogP) is 2.25. The summed E-state index contributed by atoms with van der Waals surface area (Å²) in [4.78, 5) is 0. The molecule has 0 aliphatic heterocycles. The van der Waals surface area contributed by atoms with E-state index in [1.54, 1.807) is 6.07 Å². The third kappa shape index (κ3) is 2.42. The Morgan fingerprint density at radius 2 is 2.07 bits per heavy atom. The van der Waals surface area contributed by atoms with E-state index in [0.29, 0.717) is 12.4 Å². The van der Waals surface area contributed by atoms with E-state index in [9.17, 15) is 5.11 Å². The SMILES string of the molecule is CCOc1cccc(C(C)(C)NC)c1O. The van der Waals surface area contributed by atoms with Crippen molar-refractivity contribution in [1.82, 2.24) is 5.32 Å². The monoisotopic (exact) mass is 209 g/mol. The number of para-hydroxylation sites is 1. The fourth-order valence-electron chi connectivity index (χ4n) is 1.43. The van der Waals surface area contributed by atoms with Gasteiger partial charge in [0, 0.05) is 11.1 Å². The van der Waals surface area contributed by atoms with Crippen LogP contribution in [0.3, 0.4) is 0 Å². The van der Waals surface area contributed by atoms with Gasteiger partial charge >= 0.3 is 0 Å². The molecule has 0 radical (unpaired) electrons. The smallest absolute Gasteiger partial charge is 0.162 e. The lowest BCUT2D eigenvalue weighted by molar-refractivity contribution is 0.310. The highest BCUT2D eigenvalue weighted by atomic mass is 16.5. The summed E-state index contributed by atoms with van der Waals surface area (Å²) in [6.07, 6.45) is 0. The van der Waals surface area contributed by atoms with Crippen molar-refractivity contribution in [3.05, 3.63) is 23.8 Å². The summed E-state index contributed by atoms with van der Waals surface area (Å²) in [5, 5.41) is 13.2. The lowest BCUT2D eigenvalue weighted by Gasteiger charge is -2.26. The molecule has 3 nitrogen and oxygen atoms in total. The quantitative estimate of drug-likeness (QED) is 0.799. The van der Waals surface area contributed by atoms with Crippen molar-refractivity contribution in [2.75, 3.05) is 13.7 Å². The number of rotatable bonds is 4. The number of hydrogen-bond acceptors (Lipinski definition) is 3. The van der Waals surface area contributed by atoms with Gasteiger partial charge in [-0.2, -0.15) is 0 Å². The van der Waals surface area contributed by atoms with Gasteiger partial charge < -0.3 is 15.2 Å². The molecule has 1 rings (SSSR count). The molecule has 0 saturated carbocycles. The summed E-state index contributed by atoms with van der Waals surface area (Å²) in [7, 11) is 1.87. The minimum Gasteiger partial charge on any atom is -0.504 e. The van der Waals surface area contributed by atoms with E-state index in [1.807, 2.05) is 40.0 Å². The first-order chi connectivity index (χ1) is 7.03. The van der Waals surface area contributed by atoms with Crippen molar-refractivity contribution >= 4 is 0 Å². The largest absolute Gasteiger partial charge is 0.504 e. The van der Waals surface area contributed by atoms with Crippen molar-refractivity contribution in [3.8, 4) is 11.5 Å². The molecule has 0 amide bonds. The van der Waals surface area contributed by atoms with Crippen LogP contribution < -0.4 is 10.1 Å². The Kier molecular flexibility index (Phi) is 3.58. The third-order valence-corrected chi connectivity index (χ3v) is 2.60. The van der Waals surface area contributed by atoms with E-state index in [-0.39, 0.29) is 11.3 Å². The van der Waals surface area contributed by atoms with Crippen molar-refractivity contribution in [2.45, 2.75) is 26.3 Å². The molecule has 0 spiro atoms. The zero-order valence-corrected chi connectivity index (χ0v) is 9.79. The van der Waals surface area contributed by atoms with Crippen LogP contribution in [0.4, 0.5) is 0 Å².